The number of hydrogen-bond acceptors (Lipinski definition) is 8. The molecule has 1 aliphatic heterocycles. The van der Waals surface area contributed by atoms with Crippen LogP contribution < -0.4 is 0 Å². The van der Waals surface area contributed by atoms with Crippen LogP contribution >= 0.6 is 7.82 Å². The van der Waals surface area contributed by atoms with Gasteiger partial charge in [-0.15, -0.1) is 0 Å². The van der Waals surface area contributed by atoms with Crippen molar-refractivity contribution >= 4 is 19.4 Å². The van der Waals surface area contributed by atoms with Crippen LogP contribution in [0.2, 0.25) is 0 Å². The Hall–Kier alpha value is -2.87. The average Bonchev–Trinajstić information content (AvgIpc) is 3.72. The summed E-state index contributed by atoms with van der Waals surface area (Å²) in [6.07, 6.45) is 1.01. The van der Waals surface area contributed by atoms with E-state index in [4.69, 9.17) is 9.47 Å². The summed E-state index contributed by atoms with van der Waals surface area (Å²) in [5.74, 6) is -3.19. The number of aliphatic hydroxyl groups excluding tert-OH is 2. The van der Waals surface area contributed by atoms with Crippen LogP contribution in [0.5, 0.6) is 0 Å². The van der Waals surface area contributed by atoms with Crippen molar-refractivity contribution in [3.05, 3.63) is 83.2 Å². The SMILES string of the molecule is C[C@]12C=CC(=O)C=C1[C@@H](F)C[C@H]1[C@@H]3C[C@H]4O[C@@H](c5ccn(Cc6ccc(CO)cc6)c5)O[C@@]4(C(=O)COP(=O)(O)O)[C@@]3(C)C[C@H](O)[C@@]12F. The van der Waals surface area contributed by atoms with E-state index in [9.17, 15) is 34.2 Å². The normalized spacial score (nSPS) is 40.2. The highest BCUT2D eigenvalue weighted by Gasteiger charge is 2.80. The molecule has 4 N–H and O–H groups in total. The zero-order chi connectivity index (χ0) is 34.4. The van der Waals surface area contributed by atoms with Crippen molar-refractivity contribution in [2.45, 2.75) is 82.2 Å². The first kappa shape index (κ1) is 33.6. The lowest BCUT2D eigenvalue weighted by Gasteiger charge is -2.63. The number of aromatic nitrogens is 1. The monoisotopic (exact) mass is 689 g/mol. The number of carbonyl (C=O) groups is 2. The van der Waals surface area contributed by atoms with Crippen molar-refractivity contribution in [1.82, 2.24) is 4.57 Å². The van der Waals surface area contributed by atoms with Gasteiger partial charge in [-0.2, -0.15) is 0 Å². The van der Waals surface area contributed by atoms with E-state index in [1.807, 2.05) is 28.8 Å². The lowest BCUT2D eigenvalue weighted by Crippen LogP contribution is -2.70. The third kappa shape index (κ3) is 4.81. The number of allylic oxidation sites excluding steroid dienone is 4. The molecule has 2 aromatic rings. The Kier molecular flexibility index (Phi) is 7.93. The summed E-state index contributed by atoms with van der Waals surface area (Å²) in [5, 5.41) is 21.1. The minimum absolute atomic E-state index is 0.0307. The molecule has 11 nitrogen and oxygen atoms in total. The molecule has 3 saturated carbocycles. The molecule has 0 bridgehead atoms. The van der Waals surface area contributed by atoms with E-state index >= 15 is 8.78 Å². The van der Waals surface area contributed by atoms with Crippen LogP contribution in [0.1, 0.15) is 56.1 Å². The van der Waals surface area contributed by atoms with Crippen molar-refractivity contribution < 1.29 is 56.9 Å². The number of benzene rings is 1. The van der Waals surface area contributed by atoms with E-state index in [0.29, 0.717) is 12.1 Å². The van der Waals surface area contributed by atoms with Crippen LogP contribution in [0.4, 0.5) is 8.78 Å². The van der Waals surface area contributed by atoms with Gasteiger partial charge in [0.25, 0.3) is 0 Å². The van der Waals surface area contributed by atoms with Gasteiger partial charge in [-0.05, 0) is 67.0 Å². The van der Waals surface area contributed by atoms with Crippen molar-refractivity contribution in [1.29, 1.82) is 0 Å². The van der Waals surface area contributed by atoms with Crippen molar-refractivity contribution in [3.63, 3.8) is 0 Å². The molecular formula is C34H38F2NO10P. The number of fused-ring (bicyclic) bond motifs is 7. The van der Waals surface area contributed by atoms with Crippen molar-refractivity contribution in [2.75, 3.05) is 6.61 Å². The predicted molar refractivity (Wildman–Crippen MR) is 164 cm³/mol. The van der Waals surface area contributed by atoms with Crippen molar-refractivity contribution in [3.8, 4) is 0 Å². The Morgan fingerprint density at radius 3 is 2.52 bits per heavy atom. The van der Waals surface area contributed by atoms with E-state index in [0.717, 1.165) is 17.2 Å². The number of carbonyl (C=O) groups excluding carboxylic acids is 2. The first-order valence-corrected chi connectivity index (χ1v) is 17.5. The predicted octanol–water partition coefficient (Wildman–Crippen LogP) is 3.79. The molecular weight excluding hydrogens is 651 g/mol. The lowest BCUT2D eigenvalue weighted by molar-refractivity contribution is -0.235. The first-order valence-electron chi connectivity index (χ1n) is 15.9. The summed E-state index contributed by atoms with van der Waals surface area (Å²) in [6.45, 7) is 2.51. The van der Waals surface area contributed by atoms with Gasteiger partial charge >= 0.3 is 7.82 Å². The number of ether oxygens (including phenoxy) is 2. The number of alkyl halides is 2. The Bertz CT molecular complexity index is 1760. The molecule has 1 aromatic heterocycles. The Balaban J connectivity index is 1.23. The Morgan fingerprint density at radius 2 is 1.83 bits per heavy atom. The molecule has 1 aromatic carbocycles. The zero-order valence-electron chi connectivity index (χ0n) is 26.4. The Labute approximate surface area is 275 Å². The first-order chi connectivity index (χ1) is 22.6. The highest BCUT2D eigenvalue weighted by molar-refractivity contribution is 7.46. The second kappa shape index (κ2) is 11.3. The number of hydrogen-bond donors (Lipinski definition) is 4. The highest BCUT2D eigenvalue weighted by Crippen LogP contribution is 2.72. The summed E-state index contributed by atoms with van der Waals surface area (Å²) < 4.78 is 64.7. The van der Waals surface area contributed by atoms with Crippen LogP contribution in [0.3, 0.4) is 0 Å². The van der Waals surface area contributed by atoms with Gasteiger partial charge in [0.2, 0.25) is 0 Å². The van der Waals surface area contributed by atoms with Crippen molar-refractivity contribution in [2.24, 2.45) is 22.7 Å². The van der Waals surface area contributed by atoms with Gasteiger partial charge in [0.1, 0.15) is 12.8 Å². The maximum absolute atomic E-state index is 17.7. The largest absolute Gasteiger partial charge is 0.470 e. The molecule has 0 radical (unpaired) electrons. The zero-order valence-corrected chi connectivity index (χ0v) is 27.3. The number of aliphatic hydroxyl groups is 2. The van der Waals surface area contributed by atoms with Gasteiger partial charge in [-0.1, -0.05) is 37.3 Å². The third-order valence-electron chi connectivity index (χ3n) is 11.8. The molecule has 7 rings (SSSR count). The molecule has 4 aliphatic carbocycles. The standard InChI is InChI=1S/C34H38F2NO10P/c1-31-9-7-22(39)11-25(31)26(35)12-24-23-13-29-34(28(41)18-45-48(42,43)44,32(23,2)14-27(40)33(24,31)36)47-30(46-29)21-8-10-37(16-21)15-19-3-5-20(17-38)6-4-19/h3-11,16,23-24,26-27,29-30,38,40H,12-15,17-18H2,1-2H3,(H2,42,43,44)/t23-,24-,26-,27-,29+,30+,31-,32-,33-,34+/m0/s1. The minimum Gasteiger partial charge on any atom is -0.392 e. The second-order valence-electron chi connectivity index (χ2n) is 14.2. The third-order valence-corrected chi connectivity index (χ3v) is 12.2. The maximum Gasteiger partial charge on any atom is 0.470 e. The fraction of sp³-hybridized carbons (Fsp3) is 0.529. The van der Waals surface area contributed by atoms with Gasteiger partial charge in [-0.25, -0.2) is 13.3 Å². The number of phosphoric acid groups is 1. The fourth-order valence-electron chi connectivity index (χ4n) is 9.51. The lowest BCUT2D eigenvalue weighted by atomic mass is 9.44. The van der Waals surface area contributed by atoms with E-state index < -0.39 is 84.6 Å². The molecule has 1 saturated heterocycles. The highest BCUT2D eigenvalue weighted by atomic mass is 31.2. The number of rotatable bonds is 8. The smallest absolute Gasteiger partial charge is 0.392 e. The van der Waals surface area contributed by atoms with E-state index in [1.165, 1.54) is 19.1 Å². The maximum atomic E-state index is 17.7. The van der Waals surface area contributed by atoms with Gasteiger partial charge in [-0.3, -0.25) is 14.1 Å². The van der Waals surface area contributed by atoms with Gasteiger partial charge < -0.3 is 34.0 Å². The van der Waals surface area contributed by atoms with Crippen LogP contribution in [-0.4, -0.2) is 72.4 Å². The number of ketones is 2. The summed E-state index contributed by atoms with van der Waals surface area (Å²) >= 11 is 0. The fourth-order valence-corrected chi connectivity index (χ4v) is 9.79. The number of Topliss-reactive ketones (excluding diaryl/α,β-unsaturated/α-hetero) is 1. The van der Waals surface area contributed by atoms with Crippen LogP contribution in [-0.2, 0) is 41.3 Å². The number of nitrogens with zero attached hydrogens (tertiary/aromatic N) is 1. The van der Waals surface area contributed by atoms with Crippen LogP contribution in [0.25, 0.3) is 0 Å². The number of halogens is 2. The minimum atomic E-state index is -5.09. The summed E-state index contributed by atoms with van der Waals surface area (Å²) in [5.41, 5.74) is -5.07. The molecule has 10 atom stereocenters. The van der Waals surface area contributed by atoms with E-state index in [1.54, 1.807) is 25.4 Å². The molecule has 0 spiro atoms. The van der Waals surface area contributed by atoms with Gasteiger partial charge in [0.15, 0.2) is 29.1 Å². The molecule has 258 valence electrons. The van der Waals surface area contributed by atoms with Crippen LogP contribution in [0, 0.1) is 22.7 Å². The van der Waals surface area contributed by atoms with Crippen LogP contribution in [0.15, 0.2) is 66.5 Å². The second-order valence-corrected chi connectivity index (χ2v) is 15.4. The van der Waals surface area contributed by atoms with E-state index in [2.05, 4.69) is 4.52 Å². The quantitative estimate of drug-likeness (QED) is 0.300. The molecule has 4 fully saturated rings. The molecule has 5 aliphatic rings. The number of phosphoric ester groups is 1. The summed E-state index contributed by atoms with van der Waals surface area (Å²) in [4.78, 5) is 45.2. The van der Waals surface area contributed by atoms with Gasteiger partial charge in [0, 0.05) is 41.2 Å². The summed E-state index contributed by atoms with van der Waals surface area (Å²) in [6, 6.07) is 9.17. The summed E-state index contributed by atoms with van der Waals surface area (Å²) in [7, 11) is -5.09. The molecule has 0 unspecified atom stereocenters. The molecule has 2 heterocycles. The Morgan fingerprint density at radius 1 is 1.12 bits per heavy atom. The average molecular weight is 690 g/mol. The topological polar surface area (TPSA) is 165 Å². The molecule has 14 heteroatoms. The molecule has 48 heavy (non-hydrogen) atoms. The van der Waals surface area contributed by atoms with E-state index in [-0.39, 0.29) is 31.4 Å². The van der Waals surface area contributed by atoms with Gasteiger partial charge in [0.05, 0.1) is 18.8 Å². The molecule has 0 amide bonds.